The molecule has 1 aromatic carbocycles. The lowest BCUT2D eigenvalue weighted by Gasteiger charge is -2.25. The van der Waals surface area contributed by atoms with E-state index in [1.807, 2.05) is 0 Å². The monoisotopic (exact) mass is 232 g/mol. The number of phenolic OH excluding ortho intramolecular Hbond substituents is 1. The normalized spacial score (nSPS) is 28.2. The lowest BCUT2D eigenvalue weighted by molar-refractivity contribution is 0.432. The molecule has 1 N–H and O–H groups in total. The van der Waals surface area contributed by atoms with Crippen LogP contribution < -0.4 is 0 Å². The molecule has 2 unspecified atom stereocenters. The van der Waals surface area contributed by atoms with Crippen molar-refractivity contribution < 1.29 is 5.11 Å². The van der Waals surface area contributed by atoms with E-state index in [1.165, 1.54) is 12.0 Å². The van der Waals surface area contributed by atoms with Gasteiger partial charge in [0.15, 0.2) is 0 Å². The van der Waals surface area contributed by atoms with Crippen molar-refractivity contribution in [1.82, 2.24) is 0 Å². The van der Waals surface area contributed by atoms with Crippen LogP contribution in [0.1, 0.15) is 57.7 Å². The Labute approximate surface area is 105 Å². The molecule has 0 bridgehead atoms. The molecular weight excluding hydrogens is 208 g/mol. The maximum absolute atomic E-state index is 10.5. The molecule has 2 atom stereocenters. The fraction of sp³-hybridized carbons (Fsp3) is 0.625. The highest BCUT2D eigenvalue weighted by Gasteiger charge is 2.49. The molecule has 0 saturated heterocycles. The van der Waals surface area contributed by atoms with Crippen molar-refractivity contribution in [2.75, 3.05) is 0 Å². The van der Waals surface area contributed by atoms with Gasteiger partial charge in [-0.1, -0.05) is 52.3 Å². The molecule has 1 fully saturated rings. The number of aryl methyl sites for hydroxylation is 1. The van der Waals surface area contributed by atoms with Crippen molar-refractivity contribution in [3.05, 3.63) is 28.8 Å². The van der Waals surface area contributed by atoms with Gasteiger partial charge in [0.1, 0.15) is 5.75 Å². The third-order valence-corrected chi connectivity index (χ3v) is 4.34. The first-order valence-corrected chi connectivity index (χ1v) is 6.51. The average molecular weight is 232 g/mol. The smallest absolute Gasteiger partial charge is 0.123 e. The highest BCUT2D eigenvalue weighted by molar-refractivity contribution is 5.52. The Hall–Kier alpha value is -0.980. The minimum atomic E-state index is -0.000653. The Bertz CT molecular complexity index is 453. The van der Waals surface area contributed by atoms with E-state index in [2.05, 4.69) is 53.7 Å². The van der Waals surface area contributed by atoms with Crippen LogP contribution in [0.5, 0.6) is 5.75 Å². The summed E-state index contributed by atoms with van der Waals surface area (Å²) in [7, 11) is 0. The summed E-state index contributed by atoms with van der Waals surface area (Å²) in [6.07, 6.45) is 1.19. The molecule has 0 radical (unpaired) electrons. The second kappa shape index (κ2) is 3.51. The van der Waals surface area contributed by atoms with Gasteiger partial charge in [-0.2, -0.15) is 0 Å². The van der Waals surface area contributed by atoms with Crippen molar-refractivity contribution in [2.24, 2.45) is 5.92 Å². The summed E-state index contributed by atoms with van der Waals surface area (Å²) in [5, 5.41) is 10.5. The first-order valence-electron chi connectivity index (χ1n) is 6.51. The van der Waals surface area contributed by atoms with Crippen molar-refractivity contribution in [3.8, 4) is 5.75 Å². The van der Waals surface area contributed by atoms with Crippen molar-refractivity contribution in [2.45, 2.75) is 58.8 Å². The third-order valence-electron chi connectivity index (χ3n) is 4.34. The van der Waals surface area contributed by atoms with Crippen molar-refractivity contribution in [1.29, 1.82) is 0 Å². The number of phenols is 1. The summed E-state index contributed by atoms with van der Waals surface area (Å²) in [5.74, 6) is 1.21. The molecular formula is C16H24O. The van der Waals surface area contributed by atoms with Crippen molar-refractivity contribution >= 4 is 0 Å². The van der Waals surface area contributed by atoms with Crippen LogP contribution in [0.4, 0.5) is 0 Å². The topological polar surface area (TPSA) is 20.2 Å². The summed E-state index contributed by atoms with van der Waals surface area (Å²) in [5.41, 5.74) is 3.67. The fourth-order valence-corrected chi connectivity index (χ4v) is 2.74. The minimum Gasteiger partial charge on any atom is -0.507 e. The molecule has 1 nitrogen and oxygen atoms in total. The molecule has 1 aliphatic rings. The summed E-state index contributed by atoms with van der Waals surface area (Å²) in [6.45, 7) is 13.1. The number of hydrogen-bond donors (Lipinski definition) is 1. The molecule has 1 aliphatic carbocycles. The molecule has 0 amide bonds. The Morgan fingerprint density at radius 3 is 2.24 bits per heavy atom. The van der Waals surface area contributed by atoms with E-state index in [0.717, 1.165) is 11.1 Å². The molecule has 94 valence electrons. The summed E-state index contributed by atoms with van der Waals surface area (Å²) < 4.78 is 0. The SMILES string of the molecule is Cc1cc(C(C)(C)C)c(O)c(C2(C)CC2C)c1. The minimum absolute atomic E-state index is 0.000653. The summed E-state index contributed by atoms with van der Waals surface area (Å²) in [6, 6.07) is 4.28. The maximum Gasteiger partial charge on any atom is 0.123 e. The van der Waals surface area contributed by atoms with E-state index in [-0.39, 0.29) is 10.8 Å². The van der Waals surface area contributed by atoms with Gasteiger partial charge in [-0.25, -0.2) is 0 Å². The zero-order chi connectivity index (χ0) is 13.0. The molecule has 0 spiro atoms. The number of benzene rings is 1. The highest BCUT2D eigenvalue weighted by Crippen LogP contribution is 2.57. The van der Waals surface area contributed by atoms with Gasteiger partial charge < -0.3 is 5.11 Å². The summed E-state index contributed by atoms with van der Waals surface area (Å²) in [4.78, 5) is 0. The number of aromatic hydroxyl groups is 1. The Morgan fingerprint density at radius 2 is 1.82 bits per heavy atom. The second-order valence-corrected chi connectivity index (χ2v) is 6.98. The molecule has 17 heavy (non-hydrogen) atoms. The molecule has 0 aliphatic heterocycles. The van der Waals surface area contributed by atoms with Gasteiger partial charge in [0.05, 0.1) is 0 Å². The van der Waals surface area contributed by atoms with E-state index in [9.17, 15) is 5.11 Å². The zero-order valence-corrected chi connectivity index (χ0v) is 11.9. The van der Waals surface area contributed by atoms with Gasteiger partial charge in [-0.15, -0.1) is 0 Å². The standard InChI is InChI=1S/C16H24O/c1-10-7-12(15(3,4)5)14(17)13(8-10)16(6)9-11(16)2/h7-8,11,17H,9H2,1-6H3. The Morgan fingerprint density at radius 1 is 1.29 bits per heavy atom. The Kier molecular flexibility index (Phi) is 2.57. The van der Waals surface area contributed by atoms with Crippen molar-refractivity contribution in [3.63, 3.8) is 0 Å². The molecule has 1 aromatic rings. The van der Waals surface area contributed by atoms with E-state index < -0.39 is 0 Å². The van der Waals surface area contributed by atoms with E-state index in [1.54, 1.807) is 0 Å². The van der Waals surface area contributed by atoms with Crippen LogP contribution in [-0.4, -0.2) is 5.11 Å². The van der Waals surface area contributed by atoms with Crippen LogP contribution in [-0.2, 0) is 10.8 Å². The average Bonchev–Trinajstić information content (AvgIpc) is 2.77. The molecule has 1 heteroatoms. The van der Waals surface area contributed by atoms with Crippen LogP contribution in [0.2, 0.25) is 0 Å². The fourth-order valence-electron chi connectivity index (χ4n) is 2.74. The number of rotatable bonds is 1. The summed E-state index contributed by atoms with van der Waals surface area (Å²) >= 11 is 0. The molecule has 0 heterocycles. The number of hydrogen-bond acceptors (Lipinski definition) is 1. The van der Waals surface area contributed by atoms with Crippen LogP contribution in [0.25, 0.3) is 0 Å². The lowest BCUT2D eigenvalue weighted by Crippen LogP contribution is -2.14. The van der Waals surface area contributed by atoms with Gasteiger partial charge in [-0.05, 0) is 35.7 Å². The van der Waals surface area contributed by atoms with Gasteiger partial charge in [0, 0.05) is 5.56 Å². The molecule has 1 saturated carbocycles. The van der Waals surface area contributed by atoms with Crippen LogP contribution in [0, 0.1) is 12.8 Å². The molecule has 2 rings (SSSR count). The largest absolute Gasteiger partial charge is 0.507 e. The maximum atomic E-state index is 10.5. The van der Waals surface area contributed by atoms with Crippen LogP contribution in [0.3, 0.4) is 0 Å². The van der Waals surface area contributed by atoms with E-state index in [0.29, 0.717) is 11.7 Å². The van der Waals surface area contributed by atoms with Gasteiger partial charge >= 0.3 is 0 Å². The van der Waals surface area contributed by atoms with Gasteiger partial charge in [0.2, 0.25) is 0 Å². The van der Waals surface area contributed by atoms with Gasteiger partial charge in [0.25, 0.3) is 0 Å². The van der Waals surface area contributed by atoms with Gasteiger partial charge in [-0.3, -0.25) is 0 Å². The van der Waals surface area contributed by atoms with Crippen LogP contribution in [0.15, 0.2) is 12.1 Å². The Balaban J connectivity index is 2.59. The zero-order valence-electron chi connectivity index (χ0n) is 11.9. The third kappa shape index (κ3) is 1.96. The first-order chi connectivity index (χ1) is 7.66. The lowest BCUT2D eigenvalue weighted by atomic mass is 9.81. The van der Waals surface area contributed by atoms with Crippen LogP contribution >= 0.6 is 0 Å². The quantitative estimate of drug-likeness (QED) is 0.765. The van der Waals surface area contributed by atoms with E-state index >= 15 is 0 Å². The van der Waals surface area contributed by atoms with E-state index in [4.69, 9.17) is 0 Å². The first kappa shape index (κ1) is 12.5. The predicted octanol–water partition coefficient (Wildman–Crippen LogP) is 4.30. The molecule has 0 aromatic heterocycles. The predicted molar refractivity (Wildman–Crippen MR) is 72.7 cm³/mol. The second-order valence-electron chi connectivity index (χ2n) is 6.98. The highest BCUT2D eigenvalue weighted by atomic mass is 16.3.